The zero-order valence-electron chi connectivity index (χ0n) is 33.8. The molecule has 2 bridgehead atoms. The molecule has 12 nitrogen and oxygen atoms in total. The molecule has 1 spiro atoms. The number of aromatic nitrogens is 1. The Balaban J connectivity index is 1.21. The third kappa shape index (κ3) is 7.00. The first kappa shape index (κ1) is 43.1. The van der Waals surface area contributed by atoms with E-state index in [-0.39, 0.29) is 65.4 Å². The number of ether oxygens (including phenoxy) is 3. The van der Waals surface area contributed by atoms with Crippen LogP contribution in [0.25, 0.3) is 0 Å². The average Bonchev–Trinajstić information content (AvgIpc) is 3.65. The highest BCUT2D eigenvalue weighted by Crippen LogP contribution is 2.61. The van der Waals surface area contributed by atoms with Crippen LogP contribution < -0.4 is 5.32 Å². The standard InChI is InChI=1S/C44H56Br2N2O10/c1-6-24-19-44-38(51)32(41(55)58-44)37(50)43(7-2)25(12-10-8-9-11-17-42(44,5)20-27(24)40(53)54)14-15-26-28(43)16-13-22(3)36(26)57-31-18-30(49)34(23(4)56-31)48-39(52)35-33(46)29(45)21-47-35/h11,14-15,17,20-26,28,30-31,34,36,47,49-50H,6-10,12-13,16,18-19H2,1-5H3,(H,48,52)(H,53,54). The molecule has 4 aliphatic carbocycles. The predicted octanol–water partition coefficient (Wildman–Crippen LogP) is 8.02. The summed E-state index contributed by atoms with van der Waals surface area (Å²) in [5.74, 6) is -4.20. The van der Waals surface area contributed by atoms with Crippen molar-refractivity contribution >= 4 is 55.5 Å². The Kier molecular flexibility index (Phi) is 12.2. The maximum Gasteiger partial charge on any atom is 0.346 e. The van der Waals surface area contributed by atoms with Crippen LogP contribution in [0.1, 0.15) is 109 Å². The summed E-state index contributed by atoms with van der Waals surface area (Å²) in [6, 6.07) is -0.687. The number of halogens is 2. The minimum atomic E-state index is -1.71. The van der Waals surface area contributed by atoms with Crippen LogP contribution in [0.4, 0.5) is 0 Å². The third-order valence-electron chi connectivity index (χ3n) is 14.5. The van der Waals surface area contributed by atoms with Crippen LogP contribution in [-0.2, 0) is 28.6 Å². The van der Waals surface area contributed by atoms with Crippen molar-refractivity contribution in [2.45, 2.75) is 135 Å². The number of rotatable bonds is 7. The number of Topliss-reactive ketones (excluding diaryl/α,β-unsaturated/α-hetero) is 1. The maximum atomic E-state index is 15.1. The molecule has 58 heavy (non-hydrogen) atoms. The number of aromatic amines is 1. The van der Waals surface area contributed by atoms with Crippen LogP contribution in [0, 0.1) is 40.4 Å². The summed E-state index contributed by atoms with van der Waals surface area (Å²) in [5.41, 5.74) is -3.75. The topological polar surface area (TPSA) is 184 Å². The van der Waals surface area contributed by atoms with E-state index >= 15 is 4.79 Å². The lowest BCUT2D eigenvalue weighted by molar-refractivity contribution is -0.258. The highest BCUT2D eigenvalue weighted by Gasteiger charge is 2.67. The Morgan fingerprint density at radius 1 is 1.10 bits per heavy atom. The molecule has 0 radical (unpaired) electrons. The molecule has 5 N–H and O–H groups in total. The van der Waals surface area contributed by atoms with Gasteiger partial charge in [-0.3, -0.25) is 9.59 Å². The summed E-state index contributed by atoms with van der Waals surface area (Å²) in [4.78, 5) is 57.8. The maximum absolute atomic E-state index is 15.1. The molecule has 0 aromatic carbocycles. The van der Waals surface area contributed by atoms with E-state index in [1.807, 2.05) is 26.0 Å². The van der Waals surface area contributed by atoms with E-state index in [4.69, 9.17) is 14.2 Å². The number of carboxylic acids is 1. The first-order chi connectivity index (χ1) is 27.5. The first-order valence-corrected chi connectivity index (χ1v) is 22.5. The van der Waals surface area contributed by atoms with Crippen molar-refractivity contribution in [3.8, 4) is 0 Å². The van der Waals surface area contributed by atoms with Crippen molar-refractivity contribution in [1.29, 1.82) is 0 Å². The molecule has 2 saturated heterocycles. The Hall–Kier alpha value is -3.04. The van der Waals surface area contributed by atoms with Crippen molar-refractivity contribution < 1.29 is 48.7 Å². The molecule has 7 rings (SSSR count). The number of aliphatic carboxylic acids is 1. The van der Waals surface area contributed by atoms with Gasteiger partial charge in [0.05, 0.1) is 38.7 Å². The van der Waals surface area contributed by atoms with Gasteiger partial charge in [0.1, 0.15) is 17.0 Å². The smallest absolute Gasteiger partial charge is 0.346 e. The van der Waals surface area contributed by atoms with Crippen molar-refractivity contribution in [1.82, 2.24) is 10.3 Å². The predicted molar refractivity (Wildman–Crippen MR) is 221 cm³/mol. The van der Waals surface area contributed by atoms with Gasteiger partial charge in [0, 0.05) is 35.9 Å². The first-order valence-electron chi connectivity index (χ1n) is 20.9. The fraction of sp³-hybridized carbons (Fsp3) is 0.636. The average molecular weight is 933 g/mol. The number of esters is 1. The lowest BCUT2D eigenvalue weighted by atomic mass is 9.50. The largest absolute Gasteiger partial charge is 0.511 e. The lowest BCUT2D eigenvalue weighted by Gasteiger charge is -2.55. The highest BCUT2D eigenvalue weighted by molar-refractivity contribution is 9.13. The third-order valence-corrected chi connectivity index (χ3v) is 16.5. The van der Waals surface area contributed by atoms with E-state index < -0.39 is 64.6 Å². The van der Waals surface area contributed by atoms with E-state index in [1.165, 1.54) is 0 Å². The van der Waals surface area contributed by atoms with Crippen molar-refractivity contribution in [2.24, 2.45) is 40.4 Å². The molecule has 316 valence electrons. The number of amides is 1. The number of H-pyrrole nitrogens is 1. The molecule has 2 aliphatic heterocycles. The molecule has 1 aromatic heterocycles. The molecule has 3 fully saturated rings. The summed E-state index contributed by atoms with van der Waals surface area (Å²) in [6.45, 7) is 9.55. The Morgan fingerprint density at radius 3 is 2.52 bits per heavy atom. The highest BCUT2D eigenvalue weighted by atomic mass is 79.9. The SMILES string of the molecule is CCC1CC23OC(=O)C(=C(O)C4(CC)C(C=CC5C(OC6CC(O)C(NC(=O)c7[nH]cc(Br)c7Br)C(C)O6)C(C)CCC54)CCCCC=CC2(C)C=C1C(=O)O)C3=O. The number of allylic oxidation sites excluding steroid dienone is 3. The molecule has 1 saturated carbocycles. The zero-order valence-corrected chi connectivity index (χ0v) is 36.9. The van der Waals surface area contributed by atoms with Crippen molar-refractivity contribution in [2.75, 3.05) is 0 Å². The number of hydrogen-bond donors (Lipinski definition) is 5. The van der Waals surface area contributed by atoms with Gasteiger partial charge in [0.2, 0.25) is 5.78 Å². The van der Waals surface area contributed by atoms with Crippen LogP contribution in [0.15, 0.2) is 62.4 Å². The summed E-state index contributed by atoms with van der Waals surface area (Å²) < 4.78 is 20.7. The van der Waals surface area contributed by atoms with Gasteiger partial charge in [-0.05, 0) is 114 Å². The van der Waals surface area contributed by atoms with Crippen LogP contribution >= 0.6 is 31.9 Å². The molecule has 6 aliphatic rings. The normalized spacial score (nSPS) is 40.2. The number of aliphatic hydroxyl groups excluding tert-OH is 2. The fourth-order valence-corrected chi connectivity index (χ4v) is 12.0. The van der Waals surface area contributed by atoms with E-state index in [0.717, 1.165) is 32.1 Å². The van der Waals surface area contributed by atoms with Gasteiger partial charge in [0.15, 0.2) is 11.9 Å². The van der Waals surface area contributed by atoms with Gasteiger partial charge in [-0.25, -0.2) is 9.59 Å². The number of carbonyl (C=O) groups excluding carboxylic acids is 3. The Morgan fingerprint density at radius 2 is 1.86 bits per heavy atom. The van der Waals surface area contributed by atoms with Gasteiger partial charge in [-0.2, -0.15) is 0 Å². The lowest BCUT2D eigenvalue weighted by Crippen LogP contribution is -2.58. The van der Waals surface area contributed by atoms with Crippen LogP contribution in [0.3, 0.4) is 0 Å². The number of nitrogens with one attached hydrogen (secondary N) is 2. The summed E-state index contributed by atoms with van der Waals surface area (Å²) in [5, 5.41) is 37.3. The molecule has 3 heterocycles. The number of fused-ring (bicyclic) bond motifs is 4. The van der Waals surface area contributed by atoms with Gasteiger partial charge >= 0.3 is 11.9 Å². The molecule has 13 atom stereocenters. The molecular formula is C44H56Br2N2O10. The van der Waals surface area contributed by atoms with E-state index in [0.29, 0.717) is 33.9 Å². The summed E-state index contributed by atoms with van der Waals surface area (Å²) in [6.07, 6.45) is 14.3. The molecule has 14 heteroatoms. The van der Waals surface area contributed by atoms with Crippen molar-refractivity contribution in [3.05, 3.63) is 68.1 Å². The second-order valence-electron chi connectivity index (χ2n) is 17.6. The van der Waals surface area contributed by atoms with Crippen LogP contribution in [0.2, 0.25) is 0 Å². The Labute approximate surface area is 356 Å². The molecule has 1 aromatic rings. The number of ketones is 1. The molecule has 13 unspecified atom stereocenters. The molecule has 1 amide bonds. The molecular weight excluding hydrogens is 876 g/mol. The van der Waals surface area contributed by atoms with E-state index in [2.05, 4.69) is 61.2 Å². The van der Waals surface area contributed by atoms with Gasteiger partial charge in [0.25, 0.3) is 5.91 Å². The summed E-state index contributed by atoms with van der Waals surface area (Å²) >= 11 is 6.79. The van der Waals surface area contributed by atoms with E-state index in [1.54, 1.807) is 26.1 Å². The quantitative estimate of drug-likeness (QED) is 0.102. The fourth-order valence-electron chi connectivity index (χ4n) is 11.3. The summed E-state index contributed by atoms with van der Waals surface area (Å²) in [7, 11) is 0. The van der Waals surface area contributed by atoms with Crippen molar-refractivity contribution in [3.63, 3.8) is 0 Å². The number of carboxylic acid groups (broad SMARTS) is 1. The second kappa shape index (κ2) is 16.4. The second-order valence-corrected chi connectivity index (χ2v) is 19.2. The van der Waals surface area contributed by atoms with Gasteiger partial charge < -0.3 is 39.8 Å². The van der Waals surface area contributed by atoms with Gasteiger partial charge in [-0.15, -0.1) is 0 Å². The van der Waals surface area contributed by atoms with Gasteiger partial charge in [-0.1, -0.05) is 57.6 Å². The number of hydrogen-bond acceptors (Lipinski definition) is 9. The monoisotopic (exact) mass is 930 g/mol. The number of aliphatic hydroxyl groups is 2. The zero-order chi connectivity index (χ0) is 41.9. The Bertz CT molecular complexity index is 1940. The number of carbonyl (C=O) groups is 4. The van der Waals surface area contributed by atoms with Crippen LogP contribution in [0.5, 0.6) is 0 Å². The van der Waals surface area contributed by atoms with E-state index in [9.17, 15) is 29.7 Å². The minimum absolute atomic E-state index is 0.00323. The van der Waals surface area contributed by atoms with Crippen LogP contribution in [-0.4, -0.2) is 80.2 Å². The minimum Gasteiger partial charge on any atom is -0.511 e.